The van der Waals surface area contributed by atoms with Gasteiger partial charge in [0, 0.05) is 31.9 Å². The lowest BCUT2D eigenvalue weighted by atomic mass is 9.97. The van der Waals surface area contributed by atoms with Gasteiger partial charge in [-0.05, 0) is 48.2 Å². The molecule has 0 unspecified atom stereocenters. The van der Waals surface area contributed by atoms with Gasteiger partial charge >= 0.3 is 0 Å². The topological polar surface area (TPSA) is 58.4 Å². The molecule has 2 aromatic carbocycles. The lowest BCUT2D eigenvalue weighted by Crippen LogP contribution is -2.41. The Labute approximate surface area is 147 Å². The number of benzene rings is 2. The minimum atomic E-state index is -0.209. The Balaban J connectivity index is 1.52. The second-order valence-corrected chi connectivity index (χ2v) is 6.59. The zero-order valence-corrected chi connectivity index (χ0v) is 14.2. The number of nitrogens with one attached hydrogen (secondary N) is 1. The molecule has 2 aromatic rings. The van der Waals surface area contributed by atoms with E-state index in [4.69, 9.17) is 5.73 Å². The first-order valence-corrected chi connectivity index (χ1v) is 8.70. The summed E-state index contributed by atoms with van der Waals surface area (Å²) in [6, 6.07) is 15.0. The van der Waals surface area contributed by atoms with Crippen LogP contribution in [0.4, 0.5) is 10.1 Å². The van der Waals surface area contributed by atoms with Gasteiger partial charge in [0.15, 0.2) is 0 Å². The van der Waals surface area contributed by atoms with Crippen molar-refractivity contribution in [1.29, 1.82) is 0 Å². The minimum Gasteiger partial charge on any atom is -0.371 e. The van der Waals surface area contributed by atoms with Gasteiger partial charge in [-0.15, -0.1) is 0 Å². The van der Waals surface area contributed by atoms with Crippen molar-refractivity contribution in [2.45, 2.75) is 25.9 Å². The highest BCUT2D eigenvalue weighted by molar-refractivity contribution is 5.77. The van der Waals surface area contributed by atoms with Crippen molar-refractivity contribution in [1.82, 2.24) is 5.32 Å². The molecule has 0 aliphatic carbocycles. The number of nitrogens with two attached hydrogens (primary N) is 1. The van der Waals surface area contributed by atoms with Crippen LogP contribution in [-0.2, 0) is 17.9 Å². The average molecular weight is 341 g/mol. The summed E-state index contributed by atoms with van der Waals surface area (Å²) in [5.74, 6) is -0.469. The molecule has 0 radical (unpaired) electrons. The summed E-state index contributed by atoms with van der Waals surface area (Å²) >= 11 is 0. The highest BCUT2D eigenvalue weighted by Gasteiger charge is 2.23. The number of hydrogen-bond donors (Lipinski definition) is 2. The maximum Gasteiger partial charge on any atom is 0.222 e. The number of piperidine rings is 1. The van der Waals surface area contributed by atoms with E-state index in [1.54, 1.807) is 12.1 Å². The fourth-order valence-corrected chi connectivity index (χ4v) is 3.27. The van der Waals surface area contributed by atoms with Crippen LogP contribution in [0.3, 0.4) is 0 Å². The largest absolute Gasteiger partial charge is 0.371 e. The number of nitrogens with zero attached hydrogens (tertiary/aromatic N) is 1. The summed E-state index contributed by atoms with van der Waals surface area (Å²) in [5, 5.41) is 3.32. The van der Waals surface area contributed by atoms with Gasteiger partial charge < -0.3 is 16.0 Å². The maximum atomic E-state index is 13.2. The number of primary amides is 1. The third kappa shape index (κ3) is 4.79. The number of carbonyl (C=O) groups is 1. The van der Waals surface area contributed by atoms with E-state index in [-0.39, 0.29) is 17.6 Å². The van der Waals surface area contributed by atoms with Crippen molar-refractivity contribution in [3.8, 4) is 0 Å². The highest BCUT2D eigenvalue weighted by Crippen LogP contribution is 2.23. The van der Waals surface area contributed by atoms with Gasteiger partial charge in [0.25, 0.3) is 0 Å². The molecule has 0 spiro atoms. The number of amides is 1. The first kappa shape index (κ1) is 17.4. The molecule has 1 heterocycles. The lowest BCUT2D eigenvalue weighted by molar-refractivity contribution is -0.122. The summed E-state index contributed by atoms with van der Waals surface area (Å²) in [5.41, 5.74) is 8.67. The summed E-state index contributed by atoms with van der Waals surface area (Å²) in [6.07, 6.45) is 1.87. The second kappa shape index (κ2) is 8.12. The lowest BCUT2D eigenvalue weighted by Gasteiger charge is -2.33. The fraction of sp³-hybridized carbons (Fsp3) is 0.350. The molecule has 1 aliphatic heterocycles. The van der Waals surface area contributed by atoms with Crippen LogP contribution in [0.1, 0.15) is 24.0 Å². The first-order valence-electron chi connectivity index (χ1n) is 8.70. The molecule has 4 nitrogen and oxygen atoms in total. The van der Waals surface area contributed by atoms with Crippen LogP contribution in [0.2, 0.25) is 0 Å². The van der Waals surface area contributed by atoms with Crippen LogP contribution in [0.15, 0.2) is 48.5 Å². The van der Waals surface area contributed by atoms with Crippen molar-refractivity contribution in [2.24, 2.45) is 11.7 Å². The molecule has 0 saturated carbocycles. The summed E-state index contributed by atoms with van der Waals surface area (Å²) in [6.45, 7) is 3.01. The van der Waals surface area contributed by atoms with E-state index < -0.39 is 0 Å². The standard InChI is InChI=1S/C20H24FN3O/c21-18-5-1-3-16(11-18)13-23-12-15-6-8-19(9-7-15)24-10-2-4-17(14-24)20(22)25/h1,3,5-9,11,17,23H,2,4,10,12-14H2,(H2,22,25)/t17-/m0/s1. The molecule has 1 fully saturated rings. The summed E-state index contributed by atoms with van der Waals surface area (Å²) in [4.78, 5) is 13.6. The summed E-state index contributed by atoms with van der Waals surface area (Å²) < 4.78 is 13.2. The van der Waals surface area contributed by atoms with Crippen LogP contribution in [0.25, 0.3) is 0 Å². The number of halogens is 1. The smallest absolute Gasteiger partial charge is 0.222 e. The van der Waals surface area contributed by atoms with Crippen molar-refractivity contribution < 1.29 is 9.18 Å². The molecule has 0 aromatic heterocycles. The third-order valence-electron chi connectivity index (χ3n) is 4.67. The average Bonchev–Trinajstić information content (AvgIpc) is 2.62. The van der Waals surface area contributed by atoms with E-state index in [0.29, 0.717) is 13.1 Å². The van der Waals surface area contributed by atoms with Gasteiger partial charge in [-0.1, -0.05) is 24.3 Å². The second-order valence-electron chi connectivity index (χ2n) is 6.59. The molecular weight excluding hydrogens is 317 g/mol. The van der Waals surface area contributed by atoms with Crippen molar-refractivity contribution in [2.75, 3.05) is 18.0 Å². The van der Waals surface area contributed by atoms with Gasteiger partial charge in [-0.25, -0.2) is 4.39 Å². The Morgan fingerprint density at radius 1 is 1.16 bits per heavy atom. The van der Waals surface area contributed by atoms with E-state index in [2.05, 4.69) is 34.5 Å². The van der Waals surface area contributed by atoms with E-state index in [0.717, 1.165) is 37.2 Å². The predicted octanol–water partition coefficient (Wildman–Crippen LogP) is 2.82. The van der Waals surface area contributed by atoms with Crippen molar-refractivity contribution in [3.63, 3.8) is 0 Å². The van der Waals surface area contributed by atoms with E-state index in [1.807, 2.05) is 6.07 Å². The molecule has 0 bridgehead atoms. The molecule has 1 aliphatic rings. The van der Waals surface area contributed by atoms with E-state index in [9.17, 15) is 9.18 Å². The van der Waals surface area contributed by atoms with Crippen LogP contribution in [0.5, 0.6) is 0 Å². The maximum absolute atomic E-state index is 13.2. The molecule has 1 amide bonds. The van der Waals surface area contributed by atoms with Crippen LogP contribution >= 0.6 is 0 Å². The predicted molar refractivity (Wildman–Crippen MR) is 97.5 cm³/mol. The first-order chi connectivity index (χ1) is 12.1. The number of hydrogen-bond acceptors (Lipinski definition) is 3. The van der Waals surface area contributed by atoms with Gasteiger partial charge in [-0.3, -0.25) is 4.79 Å². The zero-order chi connectivity index (χ0) is 17.6. The molecule has 1 saturated heterocycles. The molecule has 132 valence electrons. The minimum absolute atomic E-state index is 0.0543. The van der Waals surface area contributed by atoms with Crippen LogP contribution in [0, 0.1) is 11.7 Å². The van der Waals surface area contributed by atoms with Crippen LogP contribution in [-0.4, -0.2) is 19.0 Å². The molecule has 3 rings (SSSR count). The Bertz CT molecular complexity index is 717. The van der Waals surface area contributed by atoms with Gasteiger partial charge in [0.2, 0.25) is 5.91 Å². The SMILES string of the molecule is NC(=O)[C@H]1CCCN(c2ccc(CNCc3cccc(F)c3)cc2)C1. The number of carbonyl (C=O) groups excluding carboxylic acids is 1. The molecule has 25 heavy (non-hydrogen) atoms. The molecule has 5 heteroatoms. The number of anilines is 1. The van der Waals surface area contributed by atoms with Gasteiger partial charge in [0.1, 0.15) is 5.82 Å². The highest BCUT2D eigenvalue weighted by atomic mass is 19.1. The van der Waals surface area contributed by atoms with Gasteiger partial charge in [-0.2, -0.15) is 0 Å². The van der Waals surface area contributed by atoms with Gasteiger partial charge in [0.05, 0.1) is 5.92 Å². The Hall–Kier alpha value is -2.40. The monoisotopic (exact) mass is 341 g/mol. The Morgan fingerprint density at radius 2 is 1.92 bits per heavy atom. The molecule has 3 N–H and O–H groups in total. The normalized spacial score (nSPS) is 17.5. The zero-order valence-electron chi connectivity index (χ0n) is 14.2. The van der Waals surface area contributed by atoms with Crippen LogP contribution < -0.4 is 16.0 Å². The van der Waals surface area contributed by atoms with Crippen molar-refractivity contribution in [3.05, 3.63) is 65.5 Å². The quantitative estimate of drug-likeness (QED) is 0.849. The van der Waals surface area contributed by atoms with Crippen molar-refractivity contribution >= 4 is 11.6 Å². The number of rotatable bonds is 6. The third-order valence-corrected chi connectivity index (χ3v) is 4.67. The van der Waals surface area contributed by atoms with E-state index in [1.165, 1.54) is 11.6 Å². The molecule has 1 atom stereocenters. The fourth-order valence-electron chi connectivity index (χ4n) is 3.27. The molecular formula is C20H24FN3O. The Morgan fingerprint density at radius 3 is 2.64 bits per heavy atom. The van der Waals surface area contributed by atoms with E-state index >= 15 is 0 Å². The summed E-state index contributed by atoms with van der Waals surface area (Å²) in [7, 11) is 0. The Kier molecular flexibility index (Phi) is 5.66.